The van der Waals surface area contributed by atoms with Crippen LogP contribution < -0.4 is 14.4 Å². The molecule has 2 aliphatic rings. The molecule has 7 nitrogen and oxygen atoms in total. The maximum Gasteiger partial charge on any atom is 0.332 e. The van der Waals surface area contributed by atoms with Crippen LogP contribution in [0.25, 0.3) is 10.9 Å². The molecule has 0 saturated carbocycles. The van der Waals surface area contributed by atoms with Crippen LogP contribution in [0.15, 0.2) is 42.5 Å². The molecule has 7 heteroatoms. The number of ether oxygens (including phenoxy) is 2. The summed E-state index contributed by atoms with van der Waals surface area (Å²) in [6, 6.07) is 12.2. The summed E-state index contributed by atoms with van der Waals surface area (Å²) in [4.78, 5) is 32.6. The smallest absolute Gasteiger partial charge is 0.332 e. The highest BCUT2D eigenvalue weighted by Gasteiger charge is 2.49. The van der Waals surface area contributed by atoms with Crippen LogP contribution >= 0.6 is 0 Å². The van der Waals surface area contributed by atoms with Crippen LogP contribution in [0, 0.1) is 0 Å². The molecule has 0 bridgehead atoms. The highest BCUT2D eigenvalue weighted by Crippen LogP contribution is 2.40. The Kier molecular flexibility index (Phi) is 3.58. The molecule has 2 aromatic carbocycles. The number of benzene rings is 2. The molecule has 1 fully saturated rings. The molecule has 1 N–H and O–H groups in total. The maximum absolute atomic E-state index is 13.2. The number of nitrogens with zero attached hydrogens (tertiary/aromatic N) is 2. The minimum atomic E-state index is -0.518. The Morgan fingerprint density at radius 3 is 2.68 bits per heavy atom. The number of aromatic amines is 1. The molecule has 0 unspecified atom stereocenters. The van der Waals surface area contributed by atoms with E-state index in [1.807, 2.05) is 24.3 Å². The second-order valence-corrected chi connectivity index (χ2v) is 6.97. The number of carbonyl (C=O) groups is 2. The summed E-state index contributed by atoms with van der Waals surface area (Å²) in [5.74, 6) is 0.760. The number of H-pyrrole nitrogens is 1. The average Bonchev–Trinajstić information content (AvgIpc) is 3.21. The van der Waals surface area contributed by atoms with Crippen LogP contribution in [0.3, 0.4) is 0 Å². The third-order valence-electron chi connectivity index (χ3n) is 5.57. The number of hydrogen-bond donors (Lipinski definition) is 1. The van der Waals surface area contributed by atoms with Gasteiger partial charge in [0, 0.05) is 29.1 Å². The summed E-state index contributed by atoms with van der Waals surface area (Å²) in [6.07, 6.45) is 0.493. The lowest BCUT2D eigenvalue weighted by atomic mass is 9.97. The van der Waals surface area contributed by atoms with Gasteiger partial charge in [0.25, 0.3) is 5.91 Å². The van der Waals surface area contributed by atoms with Crippen LogP contribution in [-0.4, -0.2) is 42.1 Å². The molecule has 0 aliphatic carbocycles. The number of hydrogen-bond acceptors (Lipinski definition) is 4. The van der Waals surface area contributed by atoms with E-state index in [1.165, 1.54) is 12.0 Å². The van der Waals surface area contributed by atoms with E-state index in [1.54, 1.807) is 30.2 Å². The number of imide groups is 1. The summed E-state index contributed by atoms with van der Waals surface area (Å²) >= 11 is 0. The van der Waals surface area contributed by atoms with Gasteiger partial charge in [-0.3, -0.25) is 4.79 Å². The lowest BCUT2D eigenvalue weighted by molar-refractivity contribution is -0.120. The van der Waals surface area contributed by atoms with E-state index in [0.717, 1.165) is 22.2 Å². The van der Waals surface area contributed by atoms with Crippen LogP contribution in [0.1, 0.15) is 11.3 Å². The number of fused-ring (bicyclic) bond motifs is 4. The fraction of sp³-hybridized carbons (Fsp3) is 0.238. The van der Waals surface area contributed by atoms with E-state index >= 15 is 0 Å². The van der Waals surface area contributed by atoms with Crippen LogP contribution in [-0.2, 0) is 17.8 Å². The van der Waals surface area contributed by atoms with E-state index in [2.05, 4.69) is 4.98 Å². The van der Waals surface area contributed by atoms with Gasteiger partial charge in [-0.2, -0.15) is 0 Å². The Morgan fingerprint density at radius 1 is 1.07 bits per heavy atom. The fourth-order valence-electron chi connectivity index (χ4n) is 4.19. The summed E-state index contributed by atoms with van der Waals surface area (Å²) in [6.45, 7) is 0.377. The van der Waals surface area contributed by atoms with E-state index in [4.69, 9.17) is 9.47 Å². The molecule has 5 rings (SSSR count). The first-order chi connectivity index (χ1) is 13.6. The Morgan fingerprint density at radius 2 is 1.89 bits per heavy atom. The molecule has 0 radical (unpaired) electrons. The standard InChI is InChI=1S/C21H19N3O4/c1-27-12-7-8-19(28-2)17(9-12)24-20(25)18-10-14-13-5-3-4-6-15(13)22-16(14)11-23(18)21(24)26/h3-9,18,22H,10-11H2,1-2H3/t18-/m1/s1. The SMILES string of the molecule is COc1ccc(OC)c(N2C(=O)[C@H]3Cc4c([nH]c5ccccc45)CN3C2=O)c1. The van der Waals surface area contributed by atoms with Gasteiger partial charge in [-0.15, -0.1) is 0 Å². The zero-order valence-electron chi connectivity index (χ0n) is 15.6. The first-order valence-electron chi connectivity index (χ1n) is 9.07. The van der Waals surface area contributed by atoms with Gasteiger partial charge in [-0.25, -0.2) is 9.69 Å². The molecule has 3 amide bonds. The van der Waals surface area contributed by atoms with E-state index in [9.17, 15) is 9.59 Å². The van der Waals surface area contributed by atoms with E-state index in [0.29, 0.717) is 30.2 Å². The minimum Gasteiger partial charge on any atom is -0.497 e. The molecule has 2 aliphatic heterocycles. The van der Waals surface area contributed by atoms with E-state index < -0.39 is 6.04 Å². The molecule has 1 aromatic heterocycles. The van der Waals surface area contributed by atoms with Gasteiger partial charge < -0.3 is 19.4 Å². The lowest BCUT2D eigenvalue weighted by Crippen LogP contribution is -2.39. The van der Waals surface area contributed by atoms with Gasteiger partial charge in [-0.05, 0) is 23.8 Å². The van der Waals surface area contributed by atoms with Crippen molar-refractivity contribution in [3.05, 3.63) is 53.7 Å². The maximum atomic E-state index is 13.2. The van der Waals surface area contributed by atoms with Crippen molar-refractivity contribution in [2.45, 2.75) is 19.0 Å². The number of amides is 3. The number of rotatable bonds is 3. The van der Waals surface area contributed by atoms with E-state index in [-0.39, 0.29) is 11.9 Å². The van der Waals surface area contributed by atoms with Crippen molar-refractivity contribution in [2.75, 3.05) is 19.1 Å². The monoisotopic (exact) mass is 377 g/mol. The number of aromatic nitrogens is 1. The normalized spacial score (nSPS) is 18.4. The van der Waals surface area contributed by atoms with Crippen molar-refractivity contribution in [3.63, 3.8) is 0 Å². The first kappa shape index (κ1) is 16.7. The van der Waals surface area contributed by atoms with Crippen molar-refractivity contribution in [3.8, 4) is 11.5 Å². The van der Waals surface area contributed by atoms with Crippen molar-refractivity contribution < 1.29 is 19.1 Å². The van der Waals surface area contributed by atoms with Crippen LogP contribution in [0.4, 0.5) is 10.5 Å². The Bertz CT molecular complexity index is 1120. The van der Waals surface area contributed by atoms with Gasteiger partial charge >= 0.3 is 6.03 Å². The van der Waals surface area contributed by atoms with Gasteiger partial charge in [0.15, 0.2) is 0 Å². The molecular formula is C21H19N3O4. The number of carbonyl (C=O) groups excluding carboxylic acids is 2. The number of anilines is 1. The Balaban J connectivity index is 1.56. The quantitative estimate of drug-likeness (QED) is 0.712. The van der Waals surface area contributed by atoms with Crippen LogP contribution in [0.2, 0.25) is 0 Å². The zero-order valence-corrected chi connectivity index (χ0v) is 15.6. The predicted molar refractivity (Wildman–Crippen MR) is 104 cm³/mol. The fourth-order valence-corrected chi connectivity index (χ4v) is 4.19. The van der Waals surface area contributed by atoms with Crippen molar-refractivity contribution in [1.29, 1.82) is 0 Å². The first-order valence-corrected chi connectivity index (χ1v) is 9.07. The molecule has 3 aromatic rings. The summed E-state index contributed by atoms with van der Waals surface area (Å²) < 4.78 is 10.7. The highest BCUT2D eigenvalue weighted by molar-refractivity contribution is 6.22. The third kappa shape index (κ3) is 2.22. The highest BCUT2D eigenvalue weighted by atomic mass is 16.5. The van der Waals surface area contributed by atoms with Gasteiger partial charge in [0.2, 0.25) is 0 Å². The predicted octanol–water partition coefficient (Wildman–Crippen LogP) is 3.08. The molecule has 142 valence electrons. The summed E-state index contributed by atoms with van der Waals surface area (Å²) in [5, 5.41) is 1.11. The molecular weight excluding hydrogens is 358 g/mol. The van der Waals surface area contributed by atoms with Crippen molar-refractivity contribution in [1.82, 2.24) is 9.88 Å². The number of para-hydroxylation sites is 1. The lowest BCUT2D eigenvalue weighted by Gasteiger charge is -2.26. The average molecular weight is 377 g/mol. The van der Waals surface area contributed by atoms with Crippen molar-refractivity contribution >= 4 is 28.5 Å². The largest absolute Gasteiger partial charge is 0.497 e. The second-order valence-electron chi connectivity index (χ2n) is 6.97. The Labute approximate surface area is 161 Å². The van der Waals surface area contributed by atoms with Gasteiger partial charge in [0.1, 0.15) is 17.5 Å². The second kappa shape index (κ2) is 6.02. The third-order valence-corrected chi connectivity index (χ3v) is 5.57. The number of urea groups is 1. The van der Waals surface area contributed by atoms with Gasteiger partial charge in [0.05, 0.1) is 26.5 Å². The molecule has 1 atom stereocenters. The molecule has 1 saturated heterocycles. The molecule has 0 spiro atoms. The Hall–Kier alpha value is -3.48. The summed E-state index contributed by atoms with van der Waals surface area (Å²) in [5.41, 5.74) is 3.52. The number of methoxy groups -OCH3 is 2. The van der Waals surface area contributed by atoms with Crippen molar-refractivity contribution in [2.24, 2.45) is 0 Å². The molecule has 28 heavy (non-hydrogen) atoms. The minimum absolute atomic E-state index is 0.243. The number of nitrogens with one attached hydrogen (secondary N) is 1. The molecule has 3 heterocycles. The van der Waals surface area contributed by atoms with Crippen LogP contribution in [0.5, 0.6) is 11.5 Å². The summed E-state index contributed by atoms with van der Waals surface area (Å²) in [7, 11) is 3.06. The topological polar surface area (TPSA) is 74.9 Å². The van der Waals surface area contributed by atoms with Gasteiger partial charge in [-0.1, -0.05) is 18.2 Å². The zero-order chi connectivity index (χ0) is 19.4.